The highest BCUT2D eigenvalue weighted by molar-refractivity contribution is 14.0. The van der Waals surface area contributed by atoms with Gasteiger partial charge in [-0.15, -0.1) is 35.3 Å². The molecular formula is C15H18ClFIN3S. The largest absolute Gasteiger partial charge is 0.356 e. The van der Waals surface area contributed by atoms with Gasteiger partial charge in [-0.05, 0) is 35.6 Å². The summed E-state index contributed by atoms with van der Waals surface area (Å²) in [5.41, 5.74) is 0.905. The van der Waals surface area contributed by atoms with Gasteiger partial charge in [0.15, 0.2) is 5.96 Å². The molecule has 7 heteroatoms. The Morgan fingerprint density at radius 2 is 2.14 bits per heavy atom. The van der Waals surface area contributed by atoms with Gasteiger partial charge in [0.1, 0.15) is 5.82 Å². The molecule has 1 heterocycles. The van der Waals surface area contributed by atoms with Crippen LogP contribution in [-0.2, 0) is 13.0 Å². The van der Waals surface area contributed by atoms with Gasteiger partial charge in [0.2, 0.25) is 0 Å². The molecule has 2 rings (SSSR count). The molecule has 0 unspecified atom stereocenters. The Morgan fingerprint density at radius 1 is 1.32 bits per heavy atom. The number of rotatable bonds is 5. The first-order valence-electron chi connectivity index (χ1n) is 6.60. The van der Waals surface area contributed by atoms with Crippen LogP contribution in [0.2, 0.25) is 5.02 Å². The molecule has 3 nitrogen and oxygen atoms in total. The highest BCUT2D eigenvalue weighted by Gasteiger charge is 2.02. The van der Waals surface area contributed by atoms with E-state index in [0.717, 1.165) is 18.5 Å². The molecule has 0 amide bonds. The summed E-state index contributed by atoms with van der Waals surface area (Å²) in [6, 6.07) is 8.84. The number of hydrogen-bond donors (Lipinski definition) is 2. The Kier molecular flexibility index (Phi) is 8.74. The fourth-order valence-corrected chi connectivity index (χ4v) is 2.73. The number of nitrogens with one attached hydrogen (secondary N) is 2. The number of benzene rings is 1. The Morgan fingerprint density at radius 3 is 2.77 bits per heavy atom. The lowest BCUT2D eigenvalue weighted by Gasteiger charge is -2.11. The van der Waals surface area contributed by atoms with Gasteiger partial charge in [-0.1, -0.05) is 23.7 Å². The molecule has 1 aromatic heterocycles. The molecule has 0 saturated carbocycles. The van der Waals surface area contributed by atoms with Gasteiger partial charge in [-0.3, -0.25) is 4.99 Å². The fourth-order valence-electron chi connectivity index (χ4n) is 1.81. The van der Waals surface area contributed by atoms with Crippen molar-refractivity contribution in [2.75, 3.05) is 13.6 Å². The molecule has 2 aromatic rings. The topological polar surface area (TPSA) is 36.4 Å². The van der Waals surface area contributed by atoms with Crippen LogP contribution in [0.25, 0.3) is 0 Å². The third kappa shape index (κ3) is 6.10. The molecule has 0 aliphatic carbocycles. The lowest BCUT2D eigenvalue weighted by Crippen LogP contribution is -2.37. The summed E-state index contributed by atoms with van der Waals surface area (Å²) in [6.45, 7) is 1.35. The standard InChI is InChI=1S/C15H17ClFN3S.HI/c1-18-15(19-7-6-12-3-2-8-21-12)20-10-11-4-5-14(17)13(16)9-11;/h2-5,8-9H,6-7,10H2,1H3,(H2,18,19,20);1H. The summed E-state index contributed by atoms with van der Waals surface area (Å²) in [4.78, 5) is 5.49. The Labute approximate surface area is 156 Å². The fraction of sp³-hybridized carbons (Fsp3) is 0.267. The molecule has 22 heavy (non-hydrogen) atoms. The highest BCUT2D eigenvalue weighted by atomic mass is 127. The lowest BCUT2D eigenvalue weighted by molar-refractivity contribution is 0.627. The van der Waals surface area contributed by atoms with Crippen LogP contribution in [0.3, 0.4) is 0 Å². The van der Waals surface area contributed by atoms with Crippen molar-refractivity contribution in [3.05, 3.63) is 57.0 Å². The van der Waals surface area contributed by atoms with Crippen molar-refractivity contribution in [3.8, 4) is 0 Å². The van der Waals surface area contributed by atoms with Gasteiger partial charge < -0.3 is 10.6 Å². The molecule has 0 saturated heterocycles. The maximum Gasteiger partial charge on any atom is 0.191 e. The van der Waals surface area contributed by atoms with Crippen molar-refractivity contribution < 1.29 is 4.39 Å². The van der Waals surface area contributed by atoms with E-state index in [4.69, 9.17) is 11.6 Å². The normalized spacial score (nSPS) is 11.0. The van der Waals surface area contributed by atoms with Gasteiger partial charge in [0, 0.05) is 25.0 Å². The summed E-state index contributed by atoms with van der Waals surface area (Å²) < 4.78 is 13.1. The first-order chi connectivity index (χ1) is 10.2. The molecule has 1 aromatic carbocycles. The van der Waals surface area contributed by atoms with Crippen molar-refractivity contribution in [3.63, 3.8) is 0 Å². The van der Waals surface area contributed by atoms with Crippen LogP contribution >= 0.6 is 46.9 Å². The number of halogens is 3. The average molecular weight is 454 g/mol. The predicted octanol–water partition coefficient (Wildman–Crippen LogP) is 4.07. The second kappa shape index (κ2) is 10.0. The Balaban J connectivity index is 0.00000242. The van der Waals surface area contributed by atoms with Crippen molar-refractivity contribution in [1.29, 1.82) is 0 Å². The third-order valence-corrected chi connectivity index (χ3v) is 4.14. The van der Waals surface area contributed by atoms with Gasteiger partial charge in [-0.25, -0.2) is 4.39 Å². The van der Waals surface area contributed by atoms with E-state index < -0.39 is 5.82 Å². The Bertz CT molecular complexity index is 605. The summed E-state index contributed by atoms with van der Waals surface area (Å²) in [7, 11) is 1.72. The van der Waals surface area contributed by atoms with Crippen LogP contribution in [-0.4, -0.2) is 19.6 Å². The van der Waals surface area contributed by atoms with Crippen LogP contribution in [0.5, 0.6) is 0 Å². The zero-order valence-corrected chi connectivity index (χ0v) is 16.0. The van der Waals surface area contributed by atoms with Crippen LogP contribution in [0, 0.1) is 5.82 Å². The smallest absolute Gasteiger partial charge is 0.191 e. The molecule has 0 bridgehead atoms. The lowest BCUT2D eigenvalue weighted by atomic mass is 10.2. The van der Waals surface area contributed by atoms with E-state index >= 15 is 0 Å². The predicted molar refractivity (Wildman–Crippen MR) is 103 cm³/mol. The number of hydrogen-bond acceptors (Lipinski definition) is 2. The van der Waals surface area contributed by atoms with E-state index in [1.54, 1.807) is 30.5 Å². The minimum absolute atomic E-state index is 0. The van der Waals surface area contributed by atoms with Crippen LogP contribution in [0.1, 0.15) is 10.4 Å². The van der Waals surface area contributed by atoms with E-state index in [1.807, 2.05) is 6.07 Å². The van der Waals surface area contributed by atoms with Gasteiger partial charge in [0.05, 0.1) is 5.02 Å². The maximum absolute atomic E-state index is 13.1. The number of guanidine groups is 1. The maximum atomic E-state index is 13.1. The summed E-state index contributed by atoms with van der Waals surface area (Å²) in [5.74, 6) is 0.311. The highest BCUT2D eigenvalue weighted by Crippen LogP contribution is 2.15. The van der Waals surface area contributed by atoms with Crippen molar-refractivity contribution in [2.24, 2.45) is 4.99 Å². The van der Waals surface area contributed by atoms with E-state index in [2.05, 4.69) is 27.1 Å². The summed E-state index contributed by atoms with van der Waals surface area (Å²) in [6.07, 6.45) is 0.959. The van der Waals surface area contributed by atoms with E-state index in [1.165, 1.54) is 10.9 Å². The molecule has 2 N–H and O–H groups in total. The number of aliphatic imine (C=N–C) groups is 1. The average Bonchev–Trinajstić information content (AvgIpc) is 2.99. The van der Waals surface area contributed by atoms with E-state index in [0.29, 0.717) is 12.5 Å². The molecule has 120 valence electrons. The third-order valence-electron chi connectivity index (χ3n) is 2.91. The molecule has 0 atom stereocenters. The van der Waals surface area contributed by atoms with Crippen molar-refractivity contribution in [2.45, 2.75) is 13.0 Å². The summed E-state index contributed by atoms with van der Waals surface area (Å²) >= 11 is 7.50. The van der Waals surface area contributed by atoms with Crippen LogP contribution in [0.4, 0.5) is 4.39 Å². The second-order valence-corrected chi connectivity index (χ2v) is 5.87. The van der Waals surface area contributed by atoms with E-state index in [-0.39, 0.29) is 29.0 Å². The first-order valence-corrected chi connectivity index (χ1v) is 7.85. The minimum atomic E-state index is -0.404. The zero-order valence-electron chi connectivity index (χ0n) is 12.1. The van der Waals surface area contributed by atoms with Crippen LogP contribution < -0.4 is 10.6 Å². The minimum Gasteiger partial charge on any atom is -0.356 e. The van der Waals surface area contributed by atoms with Gasteiger partial charge in [-0.2, -0.15) is 0 Å². The van der Waals surface area contributed by atoms with Crippen LogP contribution in [0.15, 0.2) is 40.7 Å². The van der Waals surface area contributed by atoms with Crippen molar-refractivity contribution in [1.82, 2.24) is 10.6 Å². The summed E-state index contributed by atoms with van der Waals surface area (Å²) in [5, 5.41) is 8.62. The second-order valence-electron chi connectivity index (χ2n) is 4.43. The number of nitrogens with zero attached hydrogens (tertiary/aromatic N) is 1. The van der Waals surface area contributed by atoms with E-state index in [9.17, 15) is 4.39 Å². The quantitative estimate of drug-likeness (QED) is 0.407. The van der Waals surface area contributed by atoms with Gasteiger partial charge >= 0.3 is 0 Å². The molecule has 0 radical (unpaired) electrons. The molecule has 0 aliphatic heterocycles. The molecule has 0 fully saturated rings. The number of thiophene rings is 1. The molecular weight excluding hydrogens is 436 g/mol. The zero-order chi connectivity index (χ0) is 15.1. The monoisotopic (exact) mass is 453 g/mol. The SMILES string of the molecule is CN=C(NCCc1cccs1)NCc1ccc(F)c(Cl)c1.I. The molecule has 0 aliphatic rings. The van der Waals surface area contributed by atoms with Gasteiger partial charge in [0.25, 0.3) is 0 Å². The van der Waals surface area contributed by atoms with Crippen molar-refractivity contribution >= 4 is 52.9 Å². The Hall–Kier alpha value is -0.860. The molecule has 0 spiro atoms. The first kappa shape index (κ1) is 19.2.